The summed E-state index contributed by atoms with van der Waals surface area (Å²) in [6.07, 6.45) is 2.59. The number of anilines is 2. The van der Waals surface area contributed by atoms with Gasteiger partial charge in [-0.15, -0.1) is 0 Å². The molecular weight excluding hydrogens is 558 g/mol. The molecule has 0 aliphatic carbocycles. The third-order valence-electron chi connectivity index (χ3n) is 5.70. The topological polar surface area (TPSA) is 220 Å². The molecular formula is C22H19N5O10S2. The minimum Gasteiger partial charge on any atom is -0.344 e. The molecule has 0 atom stereocenters. The smallest absolute Gasteiger partial charge is 0.295 e. The molecule has 0 radical (unpaired) electrons. The molecule has 2 aromatic heterocycles. The Balaban J connectivity index is 1.65. The summed E-state index contributed by atoms with van der Waals surface area (Å²) < 4.78 is 68.4. The van der Waals surface area contributed by atoms with Gasteiger partial charge in [0.1, 0.15) is 16.3 Å². The van der Waals surface area contributed by atoms with E-state index in [1.165, 1.54) is 47.8 Å². The van der Waals surface area contributed by atoms with Crippen molar-refractivity contribution in [1.29, 1.82) is 0 Å². The molecule has 4 aromatic rings. The minimum absolute atomic E-state index is 0.00575. The van der Waals surface area contributed by atoms with Gasteiger partial charge in [-0.25, -0.2) is 0 Å². The number of nitro groups is 1. The Labute approximate surface area is 220 Å². The van der Waals surface area contributed by atoms with Gasteiger partial charge in [0.25, 0.3) is 37.7 Å². The van der Waals surface area contributed by atoms with Gasteiger partial charge < -0.3 is 19.8 Å². The van der Waals surface area contributed by atoms with Gasteiger partial charge >= 0.3 is 0 Å². The number of aryl methyl sites for hydroxylation is 2. The molecule has 17 heteroatoms. The Hall–Kier alpha value is -4.58. The Kier molecular flexibility index (Phi) is 6.77. The highest BCUT2D eigenvalue weighted by Crippen LogP contribution is 2.32. The molecule has 0 bridgehead atoms. The first-order valence-corrected chi connectivity index (χ1v) is 13.6. The molecule has 0 saturated heterocycles. The summed E-state index contributed by atoms with van der Waals surface area (Å²) in [5, 5.41) is 15.8. The molecule has 0 aliphatic rings. The molecule has 0 spiro atoms. The van der Waals surface area contributed by atoms with Crippen LogP contribution in [0.2, 0.25) is 0 Å². The van der Waals surface area contributed by atoms with Crippen molar-refractivity contribution in [2.24, 2.45) is 14.1 Å². The number of carbonyl (C=O) groups is 2. The van der Waals surface area contributed by atoms with Gasteiger partial charge in [-0.1, -0.05) is 6.07 Å². The molecule has 0 saturated carbocycles. The SMILES string of the molecule is Cn1cc([N+](=O)[O-])cc1C(=O)Nc1cc(C(=O)Nc2ccc(S(=O)(=O)O)c3cc(S(=O)(=O)O)ccc23)n(C)c1. The van der Waals surface area contributed by atoms with E-state index >= 15 is 0 Å². The van der Waals surface area contributed by atoms with E-state index in [1.807, 2.05) is 0 Å². The van der Waals surface area contributed by atoms with Crippen molar-refractivity contribution >= 4 is 59.9 Å². The Morgan fingerprint density at radius 2 is 1.44 bits per heavy atom. The molecule has 2 heterocycles. The summed E-state index contributed by atoms with van der Waals surface area (Å²) in [6, 6.07) is 7.55. The average Bonchev–Trinajstić information content (AvgIpc) is 3.39. The highest BCUT2D eigenvalue weighted by Gasteiger charge is 2.22. The van der Waals surface area contributed by atoms with Crippen molar-refractivity contribution < 1.29 is 40.5 Å². The van der Waals surface area contributed by atoms with Crippen molar-refractivity contribution in [2.45, 2.75) is 9.79 Å². The molecule has 0 unspecified atom stereocenters. The van der Waals surface area contributed by atoms with E-state index in [1.54, 1.807) is 0 Å². The third-order valence-corrected chi connectivity index (χ3v) is 7.46. The summed E-state index contributed by atoms with van der Waals surface area (Å²) >= 11 is 0. The number of aromatic nitrogens is 2. The quantitative estimate of drug-likeness (QED) is 0.143. The van der Waals surface area contributed by atoms with Crippen LogP contribution in [-0.4, -0.2) is 51.8 Å². The lowest BCUT2D eigenvalue weighted by Crippen LogP contribution is -2.16. The fourth-order valence-corrected chi connectivity index (χ4v) is 5.10. The van der Waals surface area contributed by atoms with Crippen LogP contribution in [0.5, 0.6) is 0 Å². The number of hydrogen-bond donors (Lipinski definition) is 4. The average molecular weight is 578 g/mol. The largest absolute Gasteiger partial charge is 0.344 e. The van der Waals surface area contributed by atoms with E-state index in [-0.39, 0.29) is 39.2 Å². The van der Waals surface area contributed by atoms with E-state index in [2.05, 4.69) is 10.6 Å². The maximum Gasteiger partial charge on any atom is 0.295 e. The number of fused-ring (bicyclic) bond motifs is 1. The van der Waals surface area contributed by atoms with Crippen LogP contribution in [0.25, 0.3) is 10.8 Å². The molecule has 2 aromatic carbocycles. The lowest BCUT2D eigenvalue weighted by Gasteiger charge is -2.12. The fraction of sp³-hybridized carbons (Fsp3) is 0.0909. The number of rotatable bonds is 7. The van der Waals surface area contributed by atoms with Gasteiger partial charge in [-0.05, 0) is 30.3 Å². The Morgan fingerprint density at radius 3 is 2.03 bits per heavy atom. The van der Waals surface area contributed by atoms with Crippen molar-refractivity contribution in [3.63, 3.8) is 0 Å². The molecule has 0 aliphatic heterocycles. The van der Waals surface area contributed by atoms with Crippen LogP contribution in [0.3, 0.4) is 0 Å². The number of carbonyl (C=O) groups excluding carboxylic acids is 2. The van der Waals surface area contributed by atoms with Crippen LogP contribution < -0.4 is 10.6 Å². The second-order valence-electron chi connectivity index (χ2n) is 8.35. The van der Waals surface area contributed by atoms with Gasteiger partial charge in [0, 0.05) is 42.8 Å². The zero-order chi connectivity index (χ0) is 28.9. The summed E-state index contributed by atoms with van der Waals surface area (Å²) in [7, 11) is -6.55. The monoisotopic (exact) mass is 577 g/mol. The molecule has 204 valence electrons. The highest BCUT2D eigenvalue weighted by molar-refractivity contribution is 7.86. The molecule has 0 fully saturated rings. The maximum absolute atomic E-state index is 13.1. The summed E-state index contributed by atoms with van der Waals surface area (Å²) in [5.41, 5.74) is 0.0238. The maximum atomic E-state index is 13.1. The second kappa shape index (κ2) is 9.62. The van der Waals surface area contributed by atoms with E-state index in [0.717, 1.165) is 30.3 Å². The van der Waals surface area contributed by atoms with Crippen molar-refractivity contribution in [3.8, 4) is 0 Å². The van der Waals surface area contributed by atoms with Crippen LogP contribution >= 0.6 is 0 Å². The van der Waals surface area contributed by atoms with Gasteiger partial charge in [-0.3, -0.25) is 28.8 Å². The number of nitrogens with one attached hydrogen (secondary N) is 2. The number of hydrogen-bond acceptors (Lipinski definition) is 8. The summed E-state index contributed by atoms with van der Waals surface area (Å²) in [4.78, 5) is 34.7. The first-order valence-electron chi connectivity index (χ1n) is 10.7. The Bertz CT molecular complexity index is 1910. The van der Waals surface area contributed by atoms with Crippen molar-refractivity contribution in [2.75, 3.05) is 10.6 Å². The van der Waals surface area contributed by atoms with E-state index in [4.69, 9.17) is 0 Å². The molecule has 4 rings (SSSR count). The van der Waals surface area contributed by atoms with Crippen molar-refractivity contribution in [1.82, 2.24) is 9.13 Å². The molecule has 15 nitrogen and oxygen atoms in total. The molecule has 2 amide bonds. The first-order chi connectivity index (χ1) is 18.1. The van der Waals surface area contributed by atoms with Crippen LogP contribution in [0.4, 0.5) is 17.1 Å². The number of amides is 2. The van der Waals surface area contributed by atoms with Gasteiger partial charge in [0.2, 0.25) is 0 Å². The number of benzene rings is 2. The van der Waals surface area contributed by atoms with Crippen LogP contribution in [-0.2, 0) is 34.3 Å². The summed E-state index contributed by atoms with van der Waals surface area (Å²) in [6.45, 7) is 0. The van der Waals surface area contributed by atoms with Crippen LogP contribution in [0, 0.1) is 10.1 Å². The van der Waals surface area contributed by atoms with Crippen molar-refractivity contribution in [3.05, 3.63) is 76.4 Å². The predicted molar refractivity (Wildman–Crippen MR) is 137 cm³/mol. The molecule has 4 N–H and O–H groups in total. The van der Waals surface area contributed by atoms with Gasteiger partial charge in [-0.2, -0.15) is 16.8 Å². The highest BCUT2D eigenvalue weighted by atomic mass is 32.2. The second-order valence-corrected chi connectivity index (χ2v) is 11.2. The first kappa shape index (κ1) is 27.5. The zero-order valence-corrected chi connectivity index (χ0v) is 21.6. The fourth-order valence-electron chi connectivity index (χ4n) is 3.91. The lowest BCUT2D eigenvalue weighted by atomic mass is 10.1. The van der Waals surface area contributed by atoms with Crippen LogP contribution in [0.15, 0.2) is 64.6 Å². The lowest BCUT2D eigenvalue weighted by molar-refractivity contribution is -0.384. The normalized spacial score (nSPS) is 11.9. The van der Waals surface area contributed by atoms with Gasteiger partial charge in [0.05, 0.1) is 21.7 Å². The zero-order valence-electron chi connectivity index (χ0n) is 20.0. The van der Waals surface area contributed by atoms with Gasteiger partial charge in [0.15, 0.2) is 0 Å². The van der Waals surface area contributed by atoms with Crippen LogP contribution in [0.1, 0.15) is 21.0 Å². The molecule has 39 heavy (non-hydrogen) atoms. The van der Waals surface area contributed by atoms with E-state index in [0.29, 0.717) is 0 Å². The standard InChI is InChI=1S/C22H19N5O10S2/c1-25-10-12(23-21(28)19-8-13(27(30)31)11-26(19)2)7-18(25)22(29)24-17-5-6-20(39(35,36)37)16-9-14(38(32,33)34)3-4-15(16)17/h3-11H,1-2H3,(H,23,28)(H,24,29)(H,32,33,34)(H,35,36,37). The predicted octanol–water partition coefficient (Wildman–Crippen LogP) is 2.42. The Morgan fingerprint density at radius 1 is 0.821 bits per heavy atom. The van der Waals surface area contributed by atoms with E-state index in [9.17, 15) is 45.6 Å². The minimum atomic E-state index is -4.81. The summed E-state index contributed by atoms with van der Waals surface area (Å²) in [5.74, 6) is -1.36. The third kappa shape index (κ3) is 5.50. The van der Waals surface area contributed by atoms with E-state index < -0.39 is 46.8 Å². The number of nitrogens with zero attached hydrogens (tertiary/aromatic N) is 3.